The maximum absolute atomic E-state index is 13.4. The predicted octanol–water partition coefficient (Wildman–Crippen LogP) is 2.96. The zero-order chi connectivity index (χ0) is 26.0. The number of nitrogens with one attached hydrogen (secondary N) is 2. The molecule has 4 rings (SSSR count). The number of aromatic nitrogens is 2. The summed E-state index contributed by atoms with van der Waals surface area (Å²) in [7, 11) is 1.75. The molecule has 2 aromatic carbocycles. The van der Waals surface area contributed by atoms with Crippen molar-refractivity contribution >= 4 is 28.6 Å². The fraction of sp³-hybridized carbons (Fsp3) is 0.407. The van der Waals surface area contributed by atoms with E-state index in [2.05, 4.69) is 15.7 Å². The molecule has 3 aromatic rings. The third kappa shape index (κ3) is 5.56. The van der Waals surface area contributed by atoms with Gasteiger partial charge < -0.3 is 15.5 Å². The van der Waals surface area contributed by atoms with Gasteiger partial charge >= 0.3 is 0 Å². The maximum Gasteiger partial charge on any atom is 0.273 e. The van der Waals surface area contributed by atoms with E-state index in [1.54, 1.807) is 28.8 Å². The van der Waals surface area contributed by atoms with Crippen LogP contribution in [0.25, 0.3) is 10.9 Å². The molecule has 1 fully saturated rings. The molecular formula is C27H32FN5O3. The Balaban J connectivity index is 1.53. The monoisotopic (exact) mass is 493 g/mol. The molecule has 1 unspecified atom stereocenters. The smallest absolute Gasteiger partial charge is 0.273 e. The molecule has 0 saturated carbocycles. The van der Waals surface area contributed by atoms with E-state index in [0.29, 0.717) is 31.4 Å². The van der Waals surface area contributed by atoms with Crippen LogP contribution >= 0.6 is 0 Å². The second-order valence-electron chi connectivity index (χ2n) is 10.5. The van der Waals surface area contributed by atoms with Crippen LogP contribution in [0.3, 0.4) is 0 Å². The molecule has 2 atom stereocenters. The molecule has 9 heteroatoms. The van der Waals surface area contributed by atoms with Crippen molar-refractivity contribution in [2.24, 2.45) is 11.3 Å². The van der Waals surface area contributed by atoms with Gasteiger partial charge in [-0.2, -0.15) is 5.10 Å². The molecule has 0 bridgehead atoms. The van der Waals surface area contributed by atoms with Crippen LogP contribution in [0.2, 0.25) is 0 Å². The van der Waals surface area contributed by atoms with Crippen LogP contribution in [0.5, 0.6) is 0 Å². The number of carbonyl (C=O) groups excluding carboxylic acids is 3. The minimum Gasteiger partial charge on any atom is -0.354 e. The Labute approximate surface area is 209 Å². The van der Waals surface area contributed by atoms with Crippen LogP contribution < -0.4 is 10.6 Å². The third-order valence-electron chi connectivity index (χ3n) is 6.51. The van der Waals surface area contributed by atoms with E-state index in [-0.39, 0.29) is 29.2 Å². The van der Waals surface area contributed by atoms with Gasteiger partial charge in [-0.15, -0.1) is 0 Å². The summed E-state index contributed by atoms with van der Waals surface area (Å²) < 4.78 is 15.0. The van der Waals surface area contributed by atoms with Crippen LogP contribution in [0.15, 0.2) is 48.5 Å². The van der Waals surface area contributed by atoms with Gasteiger partial charge in [-0.3, -0.25) is 19.1 Å². The van der Waals surface area contributed by atoms with Crippen LogP contribution in [0.1, 0.15) is 43.2 Å². The number of fused-ring (bicyclic) bond motifs is 1. The first-order chi connectivity index (χ1) is 17.0. The Bertz CT molecular complexity index is 1280. The van der Waals surface area contributed by atoms with Crippen molar-refractivity contribution in [3.8, 4) is 0 Å². The first-order valence-electron chi connectivity index (χ1n) is 12.1. The summed E-state index contributed by atoms with van der Waals surface area (Å²) in [5.74, 6) is -0.947. The molecule has 3 amide bonds. The van der Waals surface area contributed by atoms with Gasteiger partial charge in [-0.1, -0.05) is 51.1 Å². The third-order valence-corrected chi connectivity index (χ3v) is 6.51. The van der Waals surface area contributed by atoms with E-state index in [0.717, 1.165) is 11.1 Å². The number of amides is 3. The van der Waals surface area contributed by atoms with Gasteiger partial charge in [0, 0.05) is 37.9 Å². The van der Waals surface area contributed by atoms with Crippen molar-refractivity contribution in [2.75, 3.05) is 20.1 Å². The molecular weight excluding hydrogens is 461 g/mol. The van der Waals surface area contributed by atoms with Crippen molar-refractivity contribution in [1.29, 1.82) is 0 Å². The highest BCUT2D eigenvalue weighted by Crippen LogP contribution is 2.23. The van der Waals surface area contributed by atoms with Crippen LogP contribution in [-0.2, 0) is 16.1 Å². The number of carbonyl (C=O) groups is 3. The van der Waals surface area contributed by atoms with Crippen LogP contribution in [0, 0.1) is 17.2 Å². The van der Waals surface area contributed by atoms with Crippen LogP contribution in [0.4, 0.5) is 4.39 Å². The zero-order valence-corrected chi connectivity index (χ0v) is 21.0. The lowest BCUT2D eigenvalue weighted by atomic mass is 9.86. The van der Waals surface area contributed by atoms with Crippen molar-refractivity contribution < 1.29 is 18.8 Å². The molecule has 0 radical (unpaired) electrons. The van der Waals surface area contributed by atoms with Gasteiger partial charge in [0.15, 0.2) is 5.69 Å². The molecule has 2 N–H and O–H groups in total. The number of nitrogens with zero attached hydrogens (tertiary/aromatic N) is 3. The van der Waals surface area contributed by atoms with Gasteiger partial charge in [-0.25, -0.2) is 4.39 Å². The molecule has 1 aliphatic rings. The number of para-hydroxylation sites is 1. The molecule has 8 nitrogen and oxygen atoms in total. The number of halogens is 1. The molecule has 0 spiro atoms. The van der Waals surface area contributed by atoms with E-state index in [4.69, 9.17) is 0 Å². The lowest BCUT2D eigenvalue weighted by Gasteiger charge is -2.30. The molecule has 2 heterocycles. The first kappa shape index (κ1) is 25.3. The number of likely N-dealkylation sites (tertiary alicyclic amines) is 1. The standard InChI is InChI=1S/C27H32FN5O3/c1-27(2,3)24(26(36)29-14-18-13-22(34)32(4)15-18)30-25(35)23-20-7-5-6-8-21(20)33(31-23)16-17-9-11-19(28)12-10-17/h5-12,18,24H,13-16H2,1-4H3,(H,29,36)(H,30,35)/t18?,24-/m1/s1. The van der Waals surface area contributed by atoms with E-state index in [1.807, 2.05) is 45.0 Å². The van der Waals surface area contributed by atoms with Crippen molar-refractivity contribution in [3.63, 3.8) is 0 Å². The van der Waals surface area contributed by atoms with E-state index >= 15 is 0 Å². The predicted molar refractivity (Wildman–Crippen MR) is 135 cm³/mol. The summed E-state index contributed by atoms with van der Waals surface area (Å²) in [6.45, 7) is 6.99. The normalized spacial score (nSPS) is 16.9. The SMILES string of the molecule is CN1CC(CNC(=O)[C@@H](NC(=O)c2nn(Cc3ccc(F)cc3)c3ccccc23)C(C)(C)C)CC1=O. The molecule has 1 aromatic heterocycles. The second kappa shape index (κ2) is 10.1. The van der Waals surface area contributed by atoms with E-state index < -0.39 is 17.4 Å². The number of rotatable bonds is 7. The Hall–Kier alpha value is -3.75. The summed E-state index contributed by atoms with van der Waals surface area (Å²) in [5.41, 5.74) is 1.27. The van der Waals surface area contributed by atoms with Crippen molar-refractivity contribution in [3.05, 3.63) is 65.6 Å². The number of hydrogen-bond donors (Lipinski definition) is 2. The summed E-state index contributed by atoms with van der Waals surface area (Å²) in [4.78, 5) is 40.0. The van der Waals surface area contributed by atoms with Gasteiger partial charge in [0.05, 0.1) is 12.1 Å². The zero-order valence-electron chi connectivity index (χ0n) is 21.0. The highest BCUT2D eigenvalue weighted by atomic mass is 19.1. The van der Waals surface area contributed by atoms with Gasteiger partial charge in [0.2, 0.25) is 11.8 Å². The van der Waals surface area contributed by atoms with Gasteiger partial charge in [0.1, 0.15) is 11.9 Å². The summed E-state index contributed by atoms with van der Waals surface area (Å²) in [6, 6.07) is 12.7. The average molecular weight is 494 g/mol. The molecule has 1 aliphatic heterocycles. The van der Waals surface area contributed by atoms with Crippen molar-refractivity contribution in [2.45, 2.75) is 39.8 Å². The Morgan fingerprint density at radius 3 is 2.47 bits per heavy atom. The summed E-state index contributed by atoms with van der Waals surface area (Å²) in [6.07, 6.45) is 0.404. The highest BCUT2D eigenvalue weighted by molar-refractivity contribution is 6.06. The molecule has 1 saturated heterocycles. The number of hydrogen-bond acceptors (Lipinski definition) is 4. The lowest BCUT2D eigenvalue weighted by Crippen LogP contribution is -2.54. The van der Waals surface area contributed by atoms with E-state index in [9.17, 15) is 18.8 Å². The fourth-order valence-electron chi connectivity index (χ4n) is 4.49. The maximum atomic E-state index is 13.4. The summed E-state index contributed by atoms with van der Waals surface area (Å²) >= 11 is 0. The lowest BCUT2D eigenvalue weighted by molar-refractivity contribution is -0.127. The fourth-order valence-corrected chi connectivity index (χ4v) is 4.49. The topological polar surface area (TPSA) is 96.3 Å². The highest BCUT2D eigenvalue weighted by Gasteiger charge is 2.35. The van der Waals surface area contributed by atoms with E-state index in [1.165, 1.54) is 12.1 Å². The average Bonchev–Trinajstić information content (AvgIpc) is 3.36. The Kier molecular flexibility index (Phi) is 7.10. The molecule has 0 aliphatic carbocycles. The van der Waals surface area contributed by atoms with Gasteiger partial charge in [0.25, 0.3) is 5.91 Å². The minimum absolute atomic E-state index is 0.0499. The Morgan fingerprint density at radius 1 is 1.14 bits per heavy atom. The number of benzene rings is 2. The second-order valence-corrected chi connectivity index (χ2v) is 10.5. The first-order valence-corrected chi connectivity index (χ1v) is 12.1. The quantitative estimate of drug-likeness (QED) is 0.529. The summed E-state index contributed by atoms with van der Waals surface area (Å²) in [5, 5.41) is 11.0. The van der Waals surface area contributed by atoms with Crippen LogP contribution in [-0.4, -0.2) is 58.6 Å². The van der Waals surface area contributed by atoms with Gasteiger partial charge in [-0.05, 0) is 29.2 Å². The molecule has 190 valence electrons. The van der Waals surface area contributed by atoms with Crippen molar-refractivity contribution in [1.82, 2.24) is 25.3 Å². The molecule has 36 heavy (non-hydrogen) atoms. The largest absolute Gasteiger partial charge is 0.354 e. The Morgan fingerprint density at radius 2 is 1.83 bits per heavy atom. The minimum atomic E-state index is -0.805.